The van der Waals surface area contributed by atoms with E-state index in [2.05, 4.69) is 15.0 Å². The van der Waals surface area contributed by atoms with Crippen LogP contribution in [0.3, 0.4) is 0 Å². The number of rotatable bonds is 7. The van der Waals surface area contributed by atoms with Crippen LogP contribution in [-0.4, -0.2) is 117 Å². The Morgan fingerprint density at radius 3 is 2.42 bits per heavy atom. The van der Waals surface area contributed by atoms with Crippen molar-refractivity contribution < 1.29 is 58.6 Å². The highest BCUT2D eigenvalue weighted by Gasteiger charge is 2.56. The standard InChI is InChI=1S/C43H41N5O12/c44-42-46-39-30(40(56)47-42)45-20-48(39)28-11-5-4-8-23(28)22-13-17-58-43(14-6-1-7-15-43)38-34(54)33(53)35(55)41(60-38)59-36-26(22)18-27-29(37(36)57-19-21(50)12-16-49)32(52)25-10-3-2-9-24(25)31(27)51/h2-5,8-11,13,16-18,21-22,33-35,38,41,50,53-55H,1,6-7,12,14-15,19-20H2,(H2,44,47,56). The first-order valence-electron chi connectivity index (χ1n) is 19.7. The summed E-state index contributed by atoms with van der Waals surface area (Å²) in [6, 6.07) is 14.9. The summed E-state index contributed by atoms with van der Waals surface area (Å²) in [6.07, 6.45) is -2.96. The largest absolute Gasteiger partial charge is 0.492 e. The highest BCUT2D eigenvalue weighted by molar-refractivity contribution is 6.72. The maximum atomic E-state index is 14.5. The van der Waals surface area contributed by atoms with Gasteiger partial charge in [-0.15, -0.1) is 0 Å². The minimum atomic E-state index is -1.85. The number of nitrogens with two attached hydrogens (primary N) is 1. The number of guanidine groups is 1. The number of anilines is 1. The fourth-order valence-electron chi connectivity index (χ4n) is 8.98. The van der Waals surface area contributed by atoms with Gasteiger partial charge in [-0.1, -0.05) is 48.9 Å². The van der Waals surface area contributed by atoms with Gasteiger partial charge in [0.25, 0.3) is 0 Å². The molecule has 9 rings (SSSR count). The van der Waals surface area contributed by atoms with E-state index >= 15 is 0 Å². The van der Waals surface area contributed by atoms with Crippen LogP contribution in [-0.2, 0) is 19.1 Å². The van der Waals surface area contributed by atoms with E-state index in [0.29, 0.717) is 43.2 Å². The molecule has 1 spiro atoms. The zero-order chi connectivity index (χ0) is 41.9. The van der Waals surface area contributed by atoms with E-state index in [-0.39, 0.29) is 69.9 Å². The van der Waals surface area contributed by atoms with Gasteiger partial charge in [0.1, 0.15) is 49.6 Å². The molecule has 1 saturated heterocycles. The van der Waals surface area contributed by atoms with E-state index in [4.69, 9.17) is 24.7 Å². The van der Waals surface area contributed by atoms with Crippen LogP contribution in [0.25, 0.3) is 0 Å². The van der Waals surface area contributed by atoms with Gasteiger partial charge in [0.15, 0.2) is 34.6 Å². The first-order chi connectivity index (χ1) is 29.0. The average molecular weight is 820 g/mol. The summed E-state index contributed by atoms with van der Waals surface area (Å²) in [5, 5.41) is 45.1. The predicted octanol–water partition coefficient (Wildman–Crippen LogP) is 1.83. The summed E-state index contributed by atoms with van der Waals surface area (Å²) >= 11 is 0. The van der Waals surface area contributed by atoms with Crippen LogP contribution in [0.4, 0.5) is 5.69 Å². The van der Waals surface area contributed by atoms with Gasteiger partial charge in [-0.2, -0.15) is 9.98 Å². The van der Waals surface area contributed by atoms with Gasteiger partial charge in [-0.05, 0) is 49.5 Å². The molecule has 7 unspecified atom stereocenters. The molecule has 17 nitrogen and oxygen atoms in total. The first-order valence-corrected chi connectivity index (χ1v) is 19.7. The summed E-state index contributed by atoms with van der Waals surface area (Å²) in [5.41, 5.74) is 5.94. The van der Waals surface area contributed by atoms with Crippen molar-refractivity contribution in [2.24, 2.45) is 20.7 Å². The number of aliphatic hydroxyl groups is 4. The molecule has 0 aromatic heterocycles. The second-order valence-corrected chi connectivity index (χ2v) is 15.5. The number of hydrogen-bond donors (Lipinski definition) is 5. The van der Waals surface area contributed by atoms with Crippen molar-refractivity contribution >= 4 is 47.0 Å². The number of fused-ring (bicyclic) bond motifs is 7. The molecule has 310 valence electrons. The molecule has 0 radical (unpaired) electrons. The van der Waals surface area contributed by atoms with E-state index in [1.54, 1.807) is 47.4 Å². The molecule has 1 saturated carbocycles. The fourth-order valence-corrected chi connectivity index (χ4v) is 8.98. The molecule has 1 amide bonds. The lowest BCUT2D eigenvalue weighted by molar-refractivity contribution is -0.308. The molecule has 60 heavy (non-hydrogen) atoms. The topological polar surface area (TPSA) is 252 Å². The van der Waals surface area contributed by atoms with Crippen molar-refractivity contribution in [2.75, 3.05) is 18.2 Å². The third-order valence-electron chi connectivity index (χ3n) is 11.9. The highest BCUT2D eigenvalue weighted by Crippen LogP contribution is 2.50. The predicted molar refractivity (Wildman–Crippen MR) is 212 cm³/mol. The molecule has 3 aromatic rings. The van der Waals surface area contributed by atoms with Crippen molar-refractivity contribution in [2.45, 2.75) is 86.9 Å². The number of aldehydes is 1. The number of aliphatic hydroxyl groups excluding tert-OH is 4. The van der Waals surface area contributed by atoms with Crippen LogP contribution in [0.1, 0.15) is 87.4 Å². The lowest BCUT2D eigenvalue weighted by atomic mass is 9.76. The van der Waals surface area contributed by atoms with Gasteiger partial charge in [0.05, 0.1) is 17.9 Å². The Labute approximate surface area is 342 Å². The SMILES string of the molecule is NC1=NC(=O)C2=NCN(c3ccccc3C3C=COC4(CCCCC4)C4OC(Oc5c3cc3c(c5OCC(O)CC=O)C(=O)c5ccccc5C3=O)C(O)C(O)C4O)C2=N1. The Morgan fingerprint density at radius 1 is 0.917 bits per heavy atom. The zero-order valence-electron chi connectivity index (χ0n) is 32.0. The average Bonchev–Trinajstić information content (AvgIpc) is 3.67. The van der Waals surface area contributed by atoms with Gasteiger partial charge < -0.3 is 54.8 Å². The number of amides is 1. The first kappa shape index (κ1) is 39.4. The molecule has 2 aliphatic carbocycles. The number of amidine groups is 1. The quantitative estimate of drug-likeness (QED) is 0.167. The Kier molecular flexibility index (Phi) is 10.2. The summed E-state index contributed by atoms with van der Waals surface area (Å²) in [5.74, 6) is -3.32. The Hall–Kier alpha value is -6.11. The number of carbonyl (C=O) groups excluding carboxylic acids is 4. The van der Waals surface area contributed by atoms with Crippen molar-refractivity contribution in [3.63, 3.8) is 0 Å². The number of nitrogens with zero attached hydrogens (tertiary/aromatic N) is 4. The minimum Gasteiger partial charge on any atom is -0.492 e. The van der Waals surface area contributed by atoms with E-state index in [9.17, 15) is 39.6 Å². The molecule has 2 fully saturated rings. The molecule has 6 N–H and O–H groups in total. The number of benzene rings is 3. The van der Waals surface area contributed by atoms with Gasteiger partial charge in [0, 0.05) is 40.3 Å². The Morgan fingerprint density at radius 2 is 1.65 bits per heavy atom. The lowest BCUT2D eigenvalue weighted by Crippen LogP contribution is -2.66. The number of ketones is 2. The van der Waals surface area contributed by atoms with Crippen molar-refractivity contribution in [1.29, 1.82) is 0 Å². The molecule has 7 atom stereocenters. The summed E-state index contributed by atoms with van der Waals surface area (Å²) in [4.78, 5) is 67.5. The van der Waals surface area contributed by atoms with Gasteiger partial charge in [0.2, 0.25) is 12.2 Å². The highest BCUT2D eigenvalue weighted by atomic mass is 16.7. The molecular formula is C43H41N5O12. The zero-order valence-corrected chi connectivity index (χ0v) is 32.0. The van der Waals surface area contributed by atoms with E-state index < -0.39 is 72.4 Å². The Balaban J connectivity index is 1.31. The molecule has 17 heteroatoms. The van der Waals surface area contributed by atoms with Gasteiger partial charge >= 0.3 is 5.91 Å². The van der Waals surface area contributed by atoms with Crippen molar-refractivity contribution in [1.82, 2.24) is 0 Å². The summed E-state index contributed by atoms with van der Waals surface area (Å²) < 4.78 is 26.0. The minimum absolute atomic E-state index is 0.0141. The van der Waals surface area contributed by atoms with E-state index in [1.165, 1.54) is 24.5 Å². The Bertz CT molecular complexity index is 2420. The van der Waals surface area contributed by atoms with E-state index in [1.807, 2.05) is 0 Å². The molecular weight excluding hydrogens is 778 g/mol. The maximum absolute atomic E-state index is 14.5. The molecule has 4 aliphatic heterocycles. The number of carbonyl (C=O) groups is 4. The van der Waals surface area contributed by atoms with Crippen LogP contribution >= 0.6 is 0 Å². The molecule has 2 bridgehead atoms. The summed E-state index contributed by atoms with van der Waals surface area (Å²) in [6.45, 7) is -0.560. The third kappa shape index (κ3) is 6.49. The fraction of sp³-hybridized carbons (Fsp3) is 0.372. The van der Waals surface area contributed by atoms with E-state index in [0.717, 1.165) is 6.42 Å². The van der Waals surface area contributed by atoms with Crippen molar-refractivity contribution in [3.05, 3.63) is 100 Å². The maximum Gasteiger partial charge on any atom is 0.302 e. The van der Waals surface area contributed by atoms with Crippen LogP contribution in [0.15, 0.2) is 81.9 Å². The molecule has 3 aromatic carbocycles. The van der Waals surface area contributed by atoms with Crippen LogP contribution in [0, 0.1) is 0 Å². The van der Waals surface area contributed by atoms with Crippen molar-refractivity contribution in [3.8, 4) is 11.5 Å². The monoisotopic (exact) mass is 819 g/mol. The molecule has 4 heterocycles. The smallest absolute Gasteiger partial charge is 0.302 e. The second-order valence-electron chi connectivity index (χ2n) is 15.5. The van der Waals surface area contributed by atoms with Crippen LogP contribution < -0.4 is 20.1 Å². The summed E-state index contributed by atoms with van der Waals surface area (Å²) in [7, 11) is 0. The number of ether oxygens (including phenoxy) is 4. The normalized spacial score (nSPS) is 27.1. The second kappa shape index (κ2) is 15.5. The number of para-hydroxylation sites is 1. The van der Waals surface area contributed by atoms with Gasteiger partial charge in [-0.25, -0.2) is 0 Å². The number of hydrogen-bond acceptors (Lipinski definition) is 16. The number of aliphatic imine (C=N–C) groups is 3. The van der Waals surface area contributed by atoms with Crippen LogP contribution in [0.2, 0.25) is 0 Å². The van der Waals surface area contributed by atoms with Crippen LogP contribution in [0.5, 0.6) is 11.5 Å². The third-order valence-corrected chi connectivity index (χ3v) is 11.9. The lowest BCUT2D eigenvalue weighted by Gasteiger charge is -2.49. The van der Waals surface area contributed by atoms with Gasteiger partial charge in [-0.3, -0.25) is 19.4 Å². The molecule has 6 aliphatic rings. The number of allylic oxidation sites excluding steroid dienone is 1.